The molecule has 1 saturated carbocycles. The summed E-state index contributed by atoms with van der Waals surface area (Å²) in [6.07, 6.45) is 4.27. The molecule has 1 aromatic rings. The van der Waals surface area contributed by atoms with Crippen LogP contribution in [-0.2, 0) is 9.59 Å². The van der Waals surface area contributed by atoms with E-state index in [1.54, 1.807) is 30.9 Å². The minimum atomic E-state index is -1.08. The molecule has 0 atom stereocenters. The predicted molar refractivity (Wildman–Crippen MR) is 99.4 cm³/mol. The topological polar surface area (TPSA) is 52.7 Å². The van der Waals surface area contributed by atoms with Gasteiger partial charge in [-0.1, -0.05) is 25.0 Å². The number of hydrogen-bond acceptors (Lipinski definition) is 3. The molecule has 1 aromatic carbocycles. The first-order chi connectivity index (χ1) is 12.4. The van der Waals surface area contributed by atoms with Crippen LogP contribution in [0.3, 0.4) is 0 Å². The van der Waals surface area contributed by atoms with Gasteiger partial charge in [0.2, 0.25) is 11.8 Å². The second-order valence-electron chi connectivity index (χ2n) is 7.81. The van der Waals surface area contributed by atoms with E-state index in [1.165, 1.54) is 6.07 Å². The molecule has 26 heavy (non-hydrogen) atoms. The molecule has 2 aliphatic rings. The fraction of sp³-hybridized carbons (Fsp3) is 0.600. The Morgan fingerprint density at radius 3 is 2.31 bits per heavy atom. The highest BCUT2D eigenvalue weighted by atomic mass is 19.1. The Morgan fingerprint density at radius 2 is 1.69 bits per heavy atom. The minimum absolute atomic E-state index is 0.152. The quantitative estimate of drug-likeness (QED) is 0.839. The van der Waals surface area contributed by atoms with Gasteiger partial charge in [-0.25, -0.2) is 4.39 Å². The maximum Gasteiger partial charge on any atom is 0.237 e. The molecule has 1 aliphatic heterocycles. The van der Waals surface area contributed by atoms with E-state index in [9.17, 15) is 14.0 Å². The van der Waals surface area contributed by atoms with E-state index in [0.29, 0.717) is 31.9 Å². The number of nitrogens with zero attached hydrogens (tertiary/aromatic N) is 2. The van der Waals surface area contributed by atoms with Crippen molar-refractivity contribution in [2.75, 3.05) is 31.1 Å². The van der Waals surface area contributed by atoms with Crippen LogP contribution in [0, 0.1) is 11.2 Å². The highest BCUT2D eigenvalue weighted by Gasteiger charge is 2.41. The summed E-state index contributed by atoms with van der Waals surface area (Å²) in [7, 11) is 0. The molecule has 0 spiro atoms. The second-order valence-corrected chi connectivity index (χ2v) is 7.81. The van der Waals surface area contributed by atoms with Crippen molar-refractivity contribution in [3.05, 3.63) is 30.1 Å². The fourth-order valence-electron chi connectivity index (χ4n) is 3.79. The van der Waals surface area contributed by atoms with Crippen molar-refractivity contribution in [3.63, 3.8) is 0 Å². The average molecular weight is 361 g/mol. The van der Waals surface area contributed by atoms with Crippen LogP contribution >= 0.6 is 0 Å². The average Bonchev–Trinajstić information content (AvgIpc) is 3.14. The Kier molecular flexibility index (Phi) is 5.49. The van der Waals surface area contributed by atoms with Crippen molar-refractivity contribution in [2.45, 2.75) is 45.6 Å². The van der Waals surface area contributed by atoms with Gasteiger partial charge in [-0.15, -0.1) is 0 Å². The van der Waals surface area contributed by atoms with E-state index in [1.807, 2.05) is 11.0 Å². The lowest BCUT2D eigenvalue weighted by molar-refractivity contribution is -0.149. The van der Waals surface area contributed by atoms with Crippen LogP contribution in [0.4, 0.5) is 10.1 Å². The van der Waals surface area contributed by atoms with Gasteiger partial charge in [-0.2, -0.15) is 0 Å². The molecule has 2 amide bonds. The molecule has 6 heteroatoms. The third kappa shape index (κ3) is 3.84. The number of carbonyl (C=O) groups is 2. The highest BCUT2D eigenvalue weighted by Crippen LogP contribution is 2.25. The number of para-hydroxylation sites is 1. The molecule has 0 radical (unpaired) electrons. The molecular formula is C20H28FN3O2. The number of piperazine rings is 1. The molecule has 1 heterocycles. The van der Waals surface area contributed by atoms with Crippen LogP contribution in [0.15, 0.2) is 24.3 Å². The number of rotatable bonds is 4. The first-order valence-electron chi connectivity index (χ1n) is 9.49. The lowest BCUT2D eigenvalue weighted by Crippen LogP contribution is -2.56. The molecule has 142 valence electrons. The van der Waals surface area contributed by atoms with Gasteiger partial charge in [0.1, 0.15) is 11.2 Å². The molecule has 0 bridgehead atoms. The molecule has 1 saturated heterocycles. The van der Waals surface area contributed by atoms with Gasteiger partial charge in [0, 0.05) is 32.2 Å². The molecule has 1 N–H and O–H groups in total. The Bertz CT molecular complexity index is 663. The first-order valence-corrected chi connectivity index (χ1v) is 9.49. The van der Waals surface area contributed by atoms with E-state index in [0.717, 1.165) is 25.7 Å². The molecular weight excluding hydrogens is 333 g/mol. The number of halogens is 1. The zero-order valence-electron chi connectivity index (χ0n) is 15.6. The summed E-state index contributed by atoms with van der Waals surface area (Å²) in [6, 6.07) is 6.89. The standard InChI is InChI=1S/C20H28FN3O2/c1-20(2,18(25)22-15-7-3-4-8-15)19(26)24-13-11-23(12-14-24)17-10-6-5-9-16(17)21/h5-6,9-10,15H,3-4,7-8,11-14H2,1-2H3,(H,22,25). The van der Waals surface area contributed by atoms with Gasteiger partial charge in [-0.3, -0.25) is 9.59 Å². The van der Waals surface area contributed by atoms with Gasteiger partial charge >= 0.3 is 0 Å². The minimum Gasteiger partial charge on any atom is -0.366 e. The number of carbonyl (C=O) groups excluding carboxylic acids is 2. The van der Waals surface area contributed by atoms with Gasteiger partial charge in [0.25, 0.3) is 0 Å². The van der Waals surface area contributed by atoms with E-state index in [-0.39, 0.29) is 23.7 Å². The highest BCUT2D eigenvalue weighted by molar-refractivity contribution is 6.04. The molecule has 1 aliphatic carbocycles. The lowest BCUT2D eigenvalue weighted by Gasteiger charge is -2.39. The Labute approximate surface area is 154 Å². The summed E-state index contributed by atoms with van der Waals surface area (Å²) in [5, 5.41) is 3.03. The van der Waals surface area contributed by atoms with Crippen molar-refractivity contribution in [1.82, 2.24) is 10.2 Å². The number of amides is 2. The number of anilines is 1. The SMILES string of the molecule is CC(C)(C(=O)NC1CCCC1)C(=O)N1CCN(c2ccccc2F)CC1. The molecule has 0 unspecified atom stereocenters. The van der Waals surface area contributed by atoms with Gasteiger partial charge in [-0.05, 0) is 38.8 Å². The summed E-state index contributed by atoms with van der Waals surface area (Å²) in [6.45, 7) is 5.51. The molecule has 2 fully saturated rings. The van der Waals surface area contributed by atoms with Gasteiger partial charge < -0.3 is 15.1 Å². The molecule has 0 aromatic heterocycles. The monoisotopic (exact) mass is 361 g/mol. The van der Waals surface area contributed by atoms with Crippen LogP contribution in [0.25, 0.3) is 0 Å². The summed E-state index contributed by atoms with van der Waals surface area (Å²) >= 11 is 0. The second kappa shape index (κ2) is 7.64. The zero-order valence-corrected chi connectivity index (χ0v) is 15.6. The zero-order chi connectivity index (χ0) is 18.7. The van der Waals surface area contributed by atoms with E-state index < -0.39 is 5.41 Å². The summed E-state index contributed by atoms with van der Waals surface area (Å²) in [5.74, 6) is -0.587. The van der Waals surface area contributed by atoms with Crippen LogP contribution in [0.5, 0.6) is 0 Å². The van der Waals surface area contributed by atoms with Crippen molar-refractivity contribution < 1.29 is 14.0 Å². The predicted octanol–water partition coefficient (Wildman–Crippen LogP) is 2.56. The van der Waals surface area contributed by atoms with Crippen molar-refractivity contribution in [2.24, 2.45) is 5.41 Å². The van der Waals surface area contributed by atoms with Crippen LogP contribution < -0.4 is 10.2 Å². The van der Waals surface area contributed by atoms with E-state index >= 15 is 0 Å². The largest absolute Gasteiger partial charge is 0.366 e. The van der Waals surface area contributed by atoms with Crippen molar-refractivity contribution >= 4 is 17.5 Å². The van der Waals surface area contributed by atoms with Crippen LogP contribution in [0.2, 0.25) is 0 Å². The number of hydrogen-bond donors (Lipinski definition) is 1. The van der Waals surface area contributed by atoms with E-state index in [2.05, 4.69) is 5.32 Å². The maximum atomic E-state index is 13.9. The van der Waals surface area contributed by atoms with Gasteiger partial charge in [0.05, 0.1) is 5.69 Å². The maximum absolute atomic E-state index is 13.9. The number of nitrogens with one attached hydrogen (secondary N) is 1. The van der Waals surface area contributed by atoms with Gasteiger partial charge in [0.15, 0.2) is 0 Å². The van der Waals surface area contributed by atoms with Crippen molar-refractivity contribution in [1.29, 1.82) is 0 Å². The normalized spacial score (nSPS) is 18.9. The lowest BCUT2D eigenvalue weighted by atomic mass is 9.89. The van der Waals surface area contributed by atoms with E-state index in [4.69, 9.17) is 0 Å². The Balaban J connectivity index is 1.58. The smallest absolute Gasteiger partial charge is 0.237 e. The summed E-state index contributed by atoms with van der Waals surface area (Å²) < 4.78 is 13.9. The molecule has 3 rings (SSSR count). The molecule has 5 nitrogen and oxygen atoms in total. The Hall–Kier alpha value is -2.11. The summed E-state index contributed by atoms with van der Waals surface area (Å²) in [4.78, 5) is 29.2. The van der Waals surface area contributed by atoms with Crippen LogP contribution in [-0.4, -0.2) is 48.9 Å². The fourth-order valence-corrected chi connectivity index (χ4v) is 3.79. The first kappa shape index (κ1) is 18.7. The van der Waals surface area contributed by atoms with Crippen molar-refractivity contribution in [3.8, 4) is 0 Å². The van der Waals surface area contributed by atoms with Crippen LogP contribution in [0.1, 0.15) is 39.5 Å². The Morgan fingerprint density at radius 1 is 1.08 bits per heavy atom. The number of benzene rings is 1. The summed E-state index contributed by atoms with van der Waals surface area (Å²) in [5.41, 5.74) is -0.513. The third-order valence-corrected chi connectivity index (χ3v) is 5.55. The third-order valence-electron chi connectivity index (χ3n) is 5.55.